The molecule has 1 N–H and O–H groups in total. The Labute approximate surface area is 150 Å². The number of aliphatic carboxylic acids is 1. The maximum absolute atomic E-state index is 11.8. The van der Waals surface area contributed by atoms with Gasteiger partial charge in [-0.05, 0) is 79.8 Å². The van der Waals surface area contributed by atoms with Crippen LogP contribution in [0.3, 0.4) is 0 Å². The van der Waals surface area contributed by atoms with Gasteiger partial charge in [0, 0.05) is 5.41 Å². The fourth-order valence-electron chi connectivity index (χ4n) is 7.23. The molecule has 0 aromatic carbocycles. The van der Waals surface area contributed by atoms with Crippen molar-refractivity contribution in [2.45, 2.75) is 59.3 Å². The van der Waals surface area contributed by atoms with Gasteiger partial charge in [0.2, 0.25) is 0 Å². The average molecular weight is 342 g/mol. The number of carbonyl (C=O) groups excluding carboxylic acids is 1. The molecule has 0 aromatic rings. The summed E-state index contributed by atoms with van der Waals surface area (Å²) in [5.41, 5.74) is 1.54. The highest BCUT2D eigenvalue weighted by Crippen LogP contribution is 2.66. The van der Waals surface area contributed by atoms with E-state index in [1.165, 1.54) is 18.4 Å². The number of carboxylic acid groups (broad SMARTS) is 1. The highest BCUT2D eigenvalue weighted by Gasteiger charge is 2.59. The van der Waals surface area contributed by atoms with Crippen LogP contribution in [0.2, 0.25) is 0 Å². The van der Waals surface area contributed by atoms with E-state index >= 15 is 0 Å². The lowest BCUT2D eigenvalue weighted by molar-refractivity contribution is -0.146. The average Bonchev–Trinajstić information content (AvgIpc) is 2.92. The zero-order valence-electron chi connectivity index (χ0n) is 15.6. The third kappa shape index (κ3) is 2.30. The predicted octanol–water partition coefficient (Wildman–Crippen LogP) is 4.63. The Kier molecular flexibility index (Phi) is 3.79. The van der Waals surface area contributed by atoms with Gasteiger partial charge in [-0.15, -0.1) is 0 Å². The molecular formula is C22H30O3. The van der Waals surface area contributed by atoms with Crippen LogP contribution in [-0.2, 0) is 9.59 Å². The highest BCUT2D eigenvalue weighted by molar-refractivity contribution is 6.01. The molecule has 0 bridgehead atoms. The van der Waals surface area contributed by atoms with E-state index in [9.17, 15) is 14.7 Å². The molecule has 5 unspecified atom stereocenters. The van der Waals surface area contributed by atoms with Crippen LogP contribution >= 0.6 is 0 Å². The molecule has 0 aliphatic heterocycles. The Bertz CT molecular complexity index is 675. The van der Waals surface area contributed by atoms with E-state index in [2.05, 4.69) is 19.9 Å². The van der Waals surface area contributed by atoms with Crippen molar-refractivity contribution in [2.75, 3.05) is 0 Å². The van der Waals surface area contributed by atoms with Crippen LogP contribution in [0.5, 0.6) is 0 Å². The number of ketones is 1. The largest absolute Gasteiger partial charge is 0.481 e. The van der Waals surface area contributed by atoms with Crippen molar-refractivity contribution in [1.82, 2.24) is 0 Å². The molecule has 3 saturated carbocycles. The summed E-state index contributed by atoms with van der Waals surface area (Å²) in [4.78, 5) is 23.4. The third-order valence-corrected chi connectivity index (χ3v) is 8.62. The monoisotopic (exact) mass is 342 g/mol. The molecule has 136 valence electrons. The van der Waals surface area contributed by atoms with Gasteiger partial charge >= 0.3 is 5.97 Å². The molecule has 3 nitrogen and oxygen atoms in total. The van der Waals surface area contributed by atoms with Crippen LogP contribution in [0, 0.1) is 40.4 Å². The number of rotatable bonds is 2. The minimum Gasteiger partial charge on any atom is -0.481 e. The minimum atomic E-state index is -0.636. The van der Waals surface area contributed by atoms with Crippen LogP contribution in [0.15, 0.2) is 23.8 Å². The van der Waals surface area contributed by atoms with Crippen molar-refractivity contribution >= 4 is 11.8 Å². The Morgan fingerprint density at radius 2 is 1.96 bits per heavy atom. The normalized spacial score (nSPS) is 46.7. The molecule has 0 spiro atoms. The molecule has 25 heavy (non-hydrogen) atoms. The molecule has 3 heteroatoms. The summed E-state index contributed by atoms with van der Waals surface area (Å²) in [6.45, 7) is 6.61. The second-order valence-electron chi connectivity index (χ2n) is 9.46. The summed E-state index contributed by atoms with van der Waals surface area (Å²) in [5.74, 6) is 1.49. The van der Waals surface area contributed by atoms with E-state index in [-0.39, 0.29) is 22.5 Å². The van der Waals surface area contributed by atoms with E-state index in [0.717, 1.165) is 25.7 Å². The van der Waals surface area contributed by atoms with Gasteiger partial charge in [0.05, 0.1) is 5.92 Å². The Balaban J connectivity index is 1.65. The van der Waals surface area contributed by atoms with Crippen molar-refractivity contribution in [1.29, 1.82) is 0 Å². The number of carbonyl (C=O) groups is 2. The minimum absolute atomic E-state index is 0.0364. The second-order valence-corrected chi connectivity index (χ2v) is 9.46. The Morgan fingerprint density at radius 3 is 2.68 bits per heavy atom. The molecule has 3 fully saturated rings. The fourth-order valence-corrected chi connectivity index (χ4v) is 7.23. The molecule has 4 rings (SSSR count). The second kappa shape index (κ2) is 5.56. The van der Waals surface area contributed by atoms with Crippen molar-refractivity contribution in [2.24, 2.45) is 40.4 Å². The van der Waals surface area contributed by atoms with Crippen molar-refractivity contribution in [3.05, 3.63) is 23.8 Å². The number of fused-ring (bicyclic) bond motifs is 5. The Morgan fingerprint density at radius 1 is 1.20 bits per heavy atom. The van der Waals surface area contributed by atoms with Gasteiger partial charge in [0.25, 0.3) is 0 Å². The van der Waals surface area contributed by atoms with E-state index in [0.29, 0.717) is 23.7 Å². The van der Waals surface area contributed by atoms with Gasteiger partial charge in [0.15, 0.2) is 5.78 Å². The first-order valence-electron chi connectivity index (χ1n) is 9.94. The molecule has 0 aromatic heterocycles. The molecule has 0 amide bonds. The first-order valence-corrected chi connectivity index (χ1v) is 9.94. The van der Waals surface area contributed by atoms with Gasteiger partial charge in [-0.3, -0.25) is 9.59 Å². The van der Waals surface area contributed by atoms with Gasteiger partial charge in [-0.2, -0.15) is 0 Å². The SMILES string of the molecule is CC(C(=O)O)C1CCC2C3CCC4=CC(=O)C=C[C@]4(C)C3CC[C@]12C. The number of hydrogen-bond acceptors (Lipinski definition) is 2. The standard InChI is InChI=1S/C22H30O3/c1-13(20(24)25)17-6-7-18-16-5-4-14-12-15(23)8-10-21(14,2)19(16)9-11-22(17,18)3/h8,10,12-13,16-19H,4-7,9,11H2,1-3H3,(H,24,25)/t13?,16?,17?,18?,19?,21-,22+/m0/s1. The molecule has 0 radical (unpaired) electrons. The maximum atomic E-state index is 11.8. The summed E-state index contributed by atoms with van der Waals surface area (Å²) in [5, 5.41) is 9.55. The van der Waals surface area contributed by atoms with Crippen molar-refractivity contribution in [3.8, 4) is 0 Å². The van der Waals surface area contributed by atoms with Gasteiger partial charge in [-0.25, -0.2) is 0 Å². The maximum Gasteiger partial charge on any atom is 0.306 e. The van der Waals surface area contributed by atoms with Gasteiger partial charge in [0.1, 0.15) is 0 Å². The lowest BCUT2D eigenvalue weighted by Crippen LogP contribution is -2.50. The zero-order valence-corrected chi connectivity index (χ0v) is 15.6. The fraction of sp³-hybridized carbons (Fsp3) is 0.727. The highest BCUT2D eigenvalue weighted by atomic mass is 16.4. The van der Waals surface area contributed by atoms with E-state index in [4.69, 9.17) is 0 Å². The molecule has 0 heterocycles. The lowest BCUT2D eigenvalue weighted by Gasteiger charge is -2.57. The van der Waals surface area contributed by atoms with Crippen molar-refractivity contribution < 1.29 is 14.7 Å². The number of allylic oxidation sites excluding steroid dienone is 4. The summed E-state index contributed by atoms with van der Waals surface area (Å²) in [6, 6.07) is 0. The predicted molar refractivity (Wildman–Crippen MR) is 96.9 cm³/mol. The zero-order chi connectivity index (χ0) is 18.0. The quantitative estimate of drug-likeness (QED) is 0.796. The summed E-state index contributed by atoms with van der Waals surface area (Å²) >= 11 is 0. The molecule has 4 aliphatic rings. The summed E-state index contributed by atoms with van der Waals surface area (Å²) in [7, 11) is 0. The van der Waals surface area contributed by atoms with Crippen LogP contribution in [-0.4, -0.2) is 16.9 Å². The third-order valence-electron chi connectivity index (χ3n) is 8.62. The Hall–Kier alpha value is -1.38. The van der Waals surface area contributed by atoms with E-state index in [1.54, 1.807) is 6.08 Å². The molecule has 7 atom stereocenters. The van der Waals surface area contributed by atoms with Crippen LogP contribution in [0.25, 0.3) is 0 Å². The first kappa shape index (κ1) is 17.1. The van der Waals surface area contributed by atoms with Gasteiger partial charge in [-0.1, -0.05) is 32.4 Å². The smallest absolute Gasteiger partial charge is 0.306 e. The van der Waals surface area contributed by atoms with Crippen LogP contribution in [0.1, 0.15) is 59.3 Å². The van der Waals surface area contributed by atoms with E-state index < -0.39 is 5.97 Å². The summed E-state index contributed by atoms with van der Waals surface area (Å²) in [6.07, 6.45) is 12.6. The van der Waals surface area contributed by atoms with Crippen molar-refractivity contribution in [3.63, 3.8) is 0 Å². The van der Waals surface area contributed by atoms with E-state index in [1.807, 2.05) is 13.0 Å². The first-order chi connectivity index (χ1) is 11.8. The molecular weight excluding hydrogens is 312 g/mol. The van der Waals surface area contributed by atoms with Crippen LogP contribution in [0.4, 0.5) is 0 Å². The van der Waals surface area contributed by atoms with Gasteiger partial charge < -0.3 is 5.11 Å². The lowest BCUT2D eigenvalue weighted by atomic mass is 9.47. The topological polar surface area (TPSA) is 54.4 Å². The van der Waals surface area contributed by atoms with Crippen LogP contribution < -0.4 is 0 Å². The molecule has 4 aliphatic carbocycles. The molecule has 0 saturated heterocycles. The number of carboxylic acids is 1. The number of hydrogen-bond donors (Lipinski definition) is 1. The summed E-state index contributed by atoms with van der Waals surface area (Å²) < 4.78 is 0.